The van der Waals surface area contributed by atoms with E-state index in [0.29, 0.717) is 17.1 Å². The molecular formula is C14H11N5O. The first-order valence-corrected chi connectivity index (χ1v) is 6.01. The van der Waals surface area contributed by atoms with Crippen molar-refractivity contribution < 1.29 is 4.79 Å². The standard InChI is InChI=1S/C14H11N5O/c20-14(11-5-7-16-17-10-11)18-12-4-3-6-15-13(12)19-8-1-2-9-19/h1-10H,(H,18,20). The first kappa shape index (κ1) is 12.0. The van der Waals surface area contributed by atoms with Crippen molar-refractivity contribution in [3.63, 3.8) is 0 Å². The second-order valence-electron chi connectivity index (χ2n) is 4.05. The Hall–Kier alpha value is -3.02. The number of nitrogens with zero attached hydrogens (tertiary/aromatic N) is 4. The molecule has 3 heterocycles. The van der Waals surface area contributed by atoms with E-state index in [1.54, 1.807) is 24.4 Å². The molecule has 1 N–H and O–H groups in total. The largest absolute Gasteiger partial charge is 0.319 e. The van der Waals surface area contributed by atoms with Crippen LogP contribution < -0.4 is 5.32 Å². The summed E-state index contributed by atoms with van der Waals surface area (Å²) in [5.41, 5.74) is 1.08. The van der Waals surface area contributed by atoms with Crippen LogP contribution in [0.25, 0.3) is 5.82 Å². The summed E-state index contributed by atoms with van der Waals surface area (Å²) in [4.78, 5) is 16.4. The predicted octanol–water partition coefficient (Wildman–Crippen LogP) is 1.91. The molecule has 98 valence electrons. The molecule has 20 heavy (non-hydrogen) atoms. The number of amides is 1. The Labute approximate surface area is 115 Å². The van der Waals surface area contributed by atoms with Crippen LogP contribution in [0.5, 0.6) is 0 Å². The summed E-state index contributed by atoms with van der Waals surface area (Å²) in [6.45, 7) is 0. The SMILES string of the molecule is O=C(Nc1cccnc1-n1cccc1)c1ccnnc1. The summed E-state index contributed by atoms with van der Waals surface area (Å²) in [7, 11) is 0. The zero-order valence-electron chi connectivity index (χ0n) is 10.5. The molecule has 0 radical (unpaired) electrons. The summed E-state index contributed by atoms with van der Waals surface area (Å²) in [6.07, 6.45) is 8.31. The molecule has 3 rings (SSSR count). The van der Waals surface area contributed by atoms with E-state index in [9.17, 15) is 4.79 Å². The fourth-order valence-electron chi connectivity index (χ4n) is 1.80. The zero-order chi connectivity index (χ0) is 13.8. The van der Waals surface area contributed by atoms with Crippen LogP contribution in [-0.2, 0) is 0 Å². The molecule has 0 spiro atoms. The maximum atomic E-state index is 12.1. The normalized spacial score (nSPS) is 10.2. The Morgan fingerprint density at radius 3 is 2.65 bits per heavy atom. The zero-order valence-corrected chi connectivity index (χ0v) is 10.5. The van der Waals surface area contributed by atoms with Crippen molar-refractivity contribution in [2.24, 2.45) is 0 Å². The second-order valence-corrected chi connectivity index (χ2v) is 4.05. The lowest BCUT2D eigenvalue weighted by molar-refractivity contribution is 0.102. The number of carbonyl (C=O) groups is 1. The number of pyridine rings is 1. The minimum atomic E-state index is -0.249. The monoisotopic (exact) mass is 265 g/mol. The van der Waals surface area contributed by atoms with Crippen molar-refractivity contribution in [3.05, 3.63) is 66.9 Å². The summed E-state index contributed by atoms with van der Waals surface area (Å²) in [5.74, 6) is 0.411. The highest BCUT2D eigenvalue weighted by molar-refractivity contribution is 6.04. The van der Waals surface area contributed by atoms with Crippen molar-refractivity contribution in [2.75, 3.05) is 5.32 Å². The summed E-state index contributed by atoms with van der Waals surface area (Å²) in [6, 6.07) is 8.97. The number of carbonyl (C=O) groups excluding carboxylic acids is 1. The summed E-state index contributed by atoms with van der Waals surface area (Å²) in [5, 5.41) is 10.2. The van der Waals surface area contributed by atoms with Gasteiger partial charge in [0.2, 0.25) is 0 Å². The van der Waals surface area contributed by atoms with Gasteiger partial charge in [0, 0.05) is 18.6 Å². The van der Waals surface area contributed by atoms with Crippen molar-refractivity contribution in [1.29, 1.82) is 0 Å². The predicted molar refractivity (Wildman–Crippen MR) is 73.5 cm³/mol. The van der Waals surface area contributed by atoms with Crippen LogP contribution in [0, 0.1) is 0 Å². The van der Waals surface area contributed by atoms with Gasteiger partial charge >= 0.3 is 0 Å². The number of rotatable bonds is 3. The van der Waals surface area contributed by atoms with E-state index in [1.165, 1.54) is 12.4 Å². The van der Waals surface area contributed by atoms with Crippen molar-refractivity contribution in [1.82, 2.24) is 19.7 Å². The van der Waals surface area contributed by atoms with Gasteiger partial charge < -0.3 is 9.88 Å². The average Bonchev–Trinajstić information content (AvgIpc) is 3.03. The number of aromatic nitrogens is 4. The molecular weight excluding hydrogens is 254 g/mol. The highest BCUT2D eigenvalue weighted by Gasteiger charge is 2.10. The molecule has 3 aromatic rings. The van der Waals surface area contributed by atoms with Crippen LogP contribution in [0.4, 0.5) is 5.69 Å². The molecule has 3 aromatic heterocycles. The lowest BCUT2D eigenvalue weighted by atomic mass is 10.3. The van der Waals surface area contributed by atoms with Gasteiger partial charge in [0.15, 0.2) is 5.82 Å². The maximum Gasteiger partial charge on any atom is 0.257 e. The lowest BCUT2D eigenvalue weighted by Gasteiger charge is -2.10. The van der Waals surface area contributed by atoms with Crippen LogP contribution >= 0.6 is 0 Å². The van der Waals surface area contributed by atoms with E-state index < -0.39 is 0 Å². The highest BCUT2D eigenvalue weighted by Crippen LogP contribution is 2.17. The van der Waals surface area contributed by atoms with E-state index in [2.05, 4.69) is 20.5 Å². The third-order valence-corrected chi connectivity index (χ3v) is 2.73. The van der Waals surface area contributed by atoms with Crippen molar-refractivity contribution in [2.45, 2.75) is 0 Å². The van der Waals surface area contributed by atoms with Crippen LogP contribution in [0.1, 0.15) is 10.4 Å². The minimum absolute atomic E-state index is 0.249. The highest BCUT2D eigenvalue weighted by atomic mass is 16.1. The lowest BCUT2D eigenvalue weighted by Crippen LogP contribution is -2.14. The van der Waals surface area contributed by atoms with Gasteiger partial charge in [0.25, 0.3) is 5.91 Å². The second kappa shape index (κ2) is 5.31. The molecule has 0 saturated carbocycles. The molecule has 0 aliphatic heterocycles. The molecule has 0 aliphatic rings. The first-order valence-electron chi connectivity index (χ1n) is 6.01. The Bertz CT molecular complexity index is 709. The molecule has 1 amide bonds. The fraction of sp³-hybridized carbons (Fsp3) is 0. The molecule has 0 aliphatic carbocycles. The van der Waals surface area contributed by atoms with Crippen LogP contribution in [0.2, 0.25) is 0 Å². The fourth-order valence-corrected chi connectivity index (χ4v) is 1.80. The first-order chi connectivity index (χ1) is 9.84. The molecule has 0 atom stereocenters. The van der Waals surface area contributed by atoms with Gasteiger partial charge in [-0.3, -0.25) is 4.79 Å². The average molecular weight is 265 g/mol. The number of anilines is 1. The van der Waals surface area contributed by atoms with Gasteiger partial charge in [-0.2, -0.15) is 10.2 Å². The third-order valence-electron chi connectivity index (χ3n) is 2.73. The van der Waals surface area contributed by atoms with E-state index in [1.807, 2.05) is 29.1 Å². The summed E-state index contributed by atoms with van der Waals surface area (Å²) < 4.78 is 1.83. The molecule has 0 saturated heterocycles. The Morgan fingerprint density at radius 2 is 1.90 bits per heavy atom. The molecule has 0 fully saturated rings. The Kier molecular flexibility index (Phi) is 3.20. The van der Waals surface area contributed by atoms with Crippen molar-refractivity contribution >= 4 is 11.6 Å². The van der Waals surface area contributed by atoms with Gasteiger partial charge in [-0.1, -0.05) is 0 Å². The smallest absolute Gasteiger partial charge is 0.257 e. The minimum Gasteiger partial charge on any atom is -0.319 e. The van der Waals surface area contributed by atoms with E-state index in [4.69, 9.17) is 0 Å². The van der Waals surface area contributed by atoms with Gasteiger partial charge in [0.1, 0.15) is 0 Å². The Balaban J connectivity index is 1.90. The van der Waals surface area contributed by atoms with Crippen LogP contribution in [-0.4, -0.2) is 25.7 Å². The van der Waals surface area contributed by atoms with Crippen LogP contribution in [0.3, 0.4) is 0 Å². The van der Waals surface area contributed by atoms with Gasteiger partial charge in [-0.15, -0.1) is 0 Å². The van der Waals surface area contributed by atoms with Gasteiger partial charge in [-0.25, -0.2) is 4.98 Å². The summed E-state index contributed by atoms with van der Waals surface area (Å²) >= 11 is 0. The van der Waals surface area contributed by atoms with E-state index in [0.717, 1.165) is 0 Å². The van der Waals surface area contributed by atoms with Crippen molar-refractivity contribution in [3.8, 4) is 5.82 Å². The van der Waals surface area contributed by atoms with Gasteiger partial charge in [-0.05, 0) is 30.3 Å². The number of nitrogens with one attached hydrogen (secondary N) is 1. The third kappa shape index (κ3) is 2.39. The number of hydrogen-bond donors (Lipinski definition) is 1. The Morgan fingerprint density at radius 1 is 1.05 bits per heavy atom. The maximum absolute atomic E-state index is 12.1. The topological polar surface area (TPSA) is 72.7 Å². The number of hydrogen-bond acceptors (Lipinski definition) is 4. The molecule has 0 bridgehead atoms. The van der Waals surface area contributed by atoms with E-state index in [-0.39, 0.29) is 5.91 Å². The van der Waals surface area contributed by atoms with Crippen LogP contribution in [0.15, 0.2) is 61.3 Å². The van der Waals surface area contributed by atoms with Gasteiger partial charge in [0.05, 0.1) is 23.6 Å². The van der Waals surface area contributed by atoms with E-state index >= 15 is 0 Å². The molecule has 0 aromatic carbocycles. The molecule has 6 nitrogen and oxygen atoms in total. The quantitative estimate of drug-likeness (QED) is 0.785. The molecule has 6 heteroatoms. The molecule has 0 unspecified atom stereocenters.